The zero-order valence-corrected chi connectivity index (χ0v) is 37.0. The van der Waals surface area contributed by atoms with E-state index in [0.717, 1.165) is 44.1 Å². The van der Waals surface area contributed by atoms with Crippen LogP contribution in [0.4, 0.5) is 0 Å². The zero-order valence-electron chi connectivity index (χ0n) is 37.0. The fourth-order valence-electron chi connectivity index (χ4n) is 1.39. The van der Waals surface area contributed by atoms with E-state index in [-0.39, 0.29) is 54.9 Å². The Morgan fingerprint density at radius 2 is 0.923 bits per heavy atom. The van der Waals surface area contributed by atoms with Crippen LogP contribution < -0.4 is 0 Å². The van der Waals surface area contributed by atoms with Gasteiger partial charge in [0.1, 0.15) is 0 Å². The highest BCUT2D eigenvalue weighted by Gasteiger charge is 1.97. The lowest BCUT2D eigenvalue weighted by molar-refractivity contribution is 0.144. The highest BCUT2D eigenvalue weighted by atomic mass is 16.3. The van der Waals surface area contributed by atoms with Crippen molar-refractivity contribution >= 4 is 0 Å². The standard InChI is InChI=1S/C5H12O.C5H10O.C5H12O.2C5H10O.C5H12O.C5H10O.C4H10O.C4H8O/c2*1-4(2)5(3)6;3*1-3-4-5(2)6;2*1-3-5(6)4-2;2*1-3-4(2)5/h4-6H,1-3H3;5-6H,1H2,2-3H3;5-6H,3-4H2,1-2H3;3-6H,1-2H3;3,5-6H,1,4H2,2H3;5-6H,3-4H2,1-2H3;3,5-6H,1,4H2,2H3;4-5H,3H2,1-2H3;3-5H,1H2,2H3/b;;;4-3+;;;;;. The van der Waals surface area contributed by atoms with Crippen molar-refractivity contribution in [3.63, 3.8) is 0 Å². The van der Waals surface area contributed by atoms with Gasteiger partial charge in [0.15, 0.2) is 0 Å². The van der Waals surface area contributed by atoms with Crippen molar-refractivity contribution in [3.05, 3.63) is 62.3 Å². The van der Waals surface area contributed by atoms with E-state index in [1.807, 2.05) is 61.5 Å². The molecule has 0 aliphatic carbocycles. The van der Waals surface area contributed by atoms with Crippen LogP contribution >= 0.6 is 0 Å². The lowest BCUT2D eigenvalue weighted by Gasteiger charge is -2.04. The van der Waals surface area contributed by atoms with Crippen LogP contribution in [0, 0.1) is 5.92 Å². The summed E-state index contributed by atoms with van der Waals surface area (Å²) >= 11 is 0. The molecular weight excluding hydrogens is 660 g/mol. The summed E-state index contributed by atoms with van der Waals surface area (Å²) < 4.78 is 0. The van der Waals surface area contributed by atoms with Crippen LogP contribution in [0.2, 0.25) is 0 Å². The first-order chi connectivity index (χ1) is 23.8. The average Bonchev–Trinajstić information content (AvgIpc) is 3.05. The lowest BCUT2D eigenvalue weighted by atomic mass is 10.1. The fourth-order valence-corrected chi connectivity index (χ4v) is 1.39. The van der Waals surface area contributed by atoms with E-state index in [1.54, 1.807) is 60.6 Å². The van der Waals surface area contributed by atoms with Crippen molar-refractivity contribution in [3.8, 4) is 0 Å². The molecule has 0 rings (SSSR count). The van der Waals surface area contributed by atoms with Gasteiger partial charge < -0.3 is 46.0 Å². The Bertz CT molecular complexity index is 660. The number of hydrogen-bond donors (Lipinski definition) is 9. The van der Waals surface area contributed by atoms with Crippen LogP contribution in [0.5, 0.6) is 0 Å². The molecule has 0 aliphatic rings. The quantitative estimate of drug-likeness (QED) is 0.0833. The van der Waals surface area contributed by atoms with Gasteiger partial charge in [0, 0.05) is 0 Å². The van der Waals surface area contributed by atoms with Crippen molar-refractivity contribution in [1.29, 1.82) is 0 Å². The number of aliphatic hydroxyl groups excluding tert-OH is 9. The van der Waals surface area contributed by atoms with E-state index in [2.05, 4.69) is 33.2 Å². The molecule has 52 heavy (non-hydrogen) atoms. The molecule has 8 unspecified atom stereocenters. The van der Waals surface area contributed by atoms with Gasteiger partial charge in [0.2, 0.25) is 0 Å². The van der Waals surface area contributed by atoms with Crippen LogP contribution in [-0.4, -0.2) is 101 Å². The van der Waals surface area contributed by atoms with Crippen molar-refractivity contribution < 1.29 is 46.0 Å². The number of aliphatic hydroxyl groups is 9. The zero-order chi connectivity index (χ0) is 43.8. The van der Waals surface area contributed by atoms with Gasteiger partial charge in [-0.25, -0.2) is 0 Å². The van der Waals surface area contributed by atoms with Gasteiger partial charge in [-0.05, 0) is 107 Å². The lowest BCUT2D eigenvalue weighted by Crippen LogP contribution is -2.07. The highest BCUT2D eigenvalue weighted by molar-refractivity contribution is 4.93. The molecule has 0 bridgehead atoms. The molecule has 0 fully saturated rings. The van der Waals surface area contributed by atoms with Crippen LogP contribution in [0.25, 0.3) is 0 Å². The van der Waals surface area contributed by atoms with Gasteiger partial charge in [-0.15, -0.1) is 19.7 Å². The maximum atomic E-state index is 8.67. The van der Waals surface area contributed by atoms with Gasteiger partial charge in [0.05, 0.1) is 54.9 Å². The second kappa shape index (κ2) is 61.4. The fraction of sp³-hybridized carbons (Fsp3) is 0.767. The van der Waals surface area contributed by atoms with Crippen molar-refractivity contribution in [2.45, 2.75) is 211 Å². The van der Waals surface area contributed by atoms with Gasteiger partial charge in [-0.3, -0.25) is 0 Å². The third-order valence-electron chi connectivity index (χ3n) is 5.93. The number of allylic oxidation sites excluding steroid dienone is 1. The number of rotatable bonds is 13. The van der Waals surface area contributed by atoms with E-state index in [0.29, 0.717) is 12.3 Å². The molecule has 8 atom stereocenters. The molecule has 320 valence electrons. The average molecular weight is 755 g/mol. The predicted molar refractivity (Wildman–Crippen MR) is 230 cm³/mol. The van der Waals surface area contributed by atoms with Gasteiger partial charge >= 0.3 is 0 Å². The molecule has 0 aromatic carbocycles. The Labute approximate surface area is 324 Å². The Morgan fingerprint density at radius 3 is 0.923 bits per heavy atom. The summed E-state index contributed by atoms with van der Waals surface area (Å²) in [5, 5.41) is 76.5. The van der Waals surface area contributed by atoms with E-state index >= 15 is 0 Å². The maximum absolute atomic E-state index is 8.67. The van der Waals surface area contributed by atoms with Gasteiger partial charge in [-0.1, -0.05) is 97.4 Å². The van der Waals surface area contributed by atoms with E-state index < -0.39 is 0 Å². The predicted octanol–water partition coefficient (Wildman–Crippen LogP) is 8.46. The first-order valence-corrected chi connectivity index (χ1v) is 19.0. The third kappa shape index (κ3) is 145. The van der Waals surface area contributed by atoms with Crippen molar-refractivity contribution in [2.24, 2.45) is 5.92 Å². The summed E-state index contributed by atoms with van der Waals surface area (Å²) in [6.45, 7) is 43.4. The van der Waals surface area contributed by atoms with Crippen molar-refractivity contribution in [2.75, 3.05) is 0 Å². The minimum atomic E-state index is -0.352. The highest BCUT2D eigenvalue weighted by Crippen LogP contribution is 1.97. The largest absolute Gasteiger partial charge is 0.393 e. The topological polar surface area (TPSA) is 182 Å². The first kappa shape index (κ1) is 71.7. The molecule has 0 radical (unpaired) electrons. The Morgan fingerprint density at radius 1 is 0.577 bits per heavy atom. The molecule has 9 heteroatoms. The van der Waals surface area contributed by atoms with Gasteiger partial charge in [0.25, 0.3) is 0 Å². The normalized spacial score (nSPS) is 14.0. The van der Waals surface area contributed by atoms with E-state index in [4.69, 9.17) is 46.0 Å². The molecule has 9 nitrogen and oxygen atoms in total. The summed E-state index contributed by atoms with van der Waals surface area (Å²) in [5.74, 6) is 0.407. The van der Waals surface area contributed by atoms with Gasteiger partial charge in [-0.2, -0.15) is 0 Å². The minimum absolute atomic E-state index is 0.0648. The summed E-state index contributed by atoms with van der Waals surface area (Å²) in [7, 11) is 0. The molecule has 0 spiro atoms. The van der Waals surface area contributed by atoms with Crippen LogP contribution in [0.15, 0.2) is 62.3 Å². The van der Waals surface area contributed by atoms with Crippen LogP contribution in [0.3, 0.4) is 0 Å². The second-order valence-corrected chi connectivity index (χ2v) is 12.7. The SMILES string of the molecule is C/C=C/C(C)O.C=C(C)C(C)O.C=CC(C)O.C=CC(O)CC.C=CCC(C)O.CC(C)C(C)O.CCC(C)O.CCC(O)CC.CCCC(C)O. The molecule has 0 heterocycles. The first-order valence-electron chi connectivity index (χ1n) is 19.0. The summed E-state index contributed by atoms with van der Waals surface area (Å²) in [4.78, 5) is 0. The molecule has 0 aliphatic heterocycles. The Hall–Kier alpha value is -1.66. The molecule has 9 N–H and O–H groups in total. The smallest absolute Gasteiger partial charge is 0.0716 e. The molecule has 0 saturated carbocycles. The molecule has 0 aromatic heterocycles. The molecule has 0 saturated heterocycles. The monoisotopic (exact) mass is 755 g/mol. The van der Waals surface area contributed by atoms with Crippen LogP contribution in [-0.2, 0) is 0 Å². The third-order valence-corrected chi connectivity index (χ3v) is 5.93. The summed E-state index contributed by atoms with van der Waals surface area (Å²) in [6, 6.07) is 0. The van der Waals surface area contributed by atoms with E-state index in [9.17, 15) is 0 Å². The number of hydrogen-bond acceptors (Lipinski definition) is 9. The second-order valence-electron chi connectivity index (χ2n) is 12.7. The molecule has 0 aromatic rings. The Kier molecular flexibility index (Phi) is 84.6. The Balaban J connectivity index is -0.0000000572. The molecule has 0 amide bonds. The van der Waals surface area contributed by atoms with E-state index in [1.165, 1.54) is 12.2 Å². The minimum Gasteiger partial charge on any atom is -0.393 e. The summed E-state index contributed by atoms with van der Waals surface area (Å²) in [6.07, 6.45) is 12.4. The van der Waals surface area contributed by atoms with Crippen LogP contribution in [0.1, 0.15) is 156 Å². The van der Waals surface area contributed by atoms with Crippen molar-refractivity contribution in [1.82, 2.24) is 0 Å². The summed E-state index contributed by atoms with van der Waals surface area (Å²) in [5.41, 5.74) is 0.815. The molecular formula is C43H94O9. The maximum Gasteiger partial charge on any atom is 0.0716 e.